The molecule has 1 aliphatic rings. The Morgan fingerprint density at radius 3 is 2.00 bits per heavy atom. The predicted molar refractivity (Wildman–Crippen MR) is 58.4 cm³/mol. The van der Waals surface area contributed by atoms with E-state index in [4.69, 9.17) is 5.73 Å². The fraction of sp³-hybridized carbons (Fsp3) is 1.00. The molecule has 1 aliphatic carbocycles. The summed E-state index contributed by atoms with van der Waals surface area (Å²) in [6, 6.07) is 0.719. The van der Waals surface area contributed by atoms with Gasteiger partial charge in [0.15, 0.2) is 0 Å². The Hall–Kier alpha value is 0.500. The summed E-state index contributed by atoms with van der Waals surface area (Å²) in [6.45, 7) is 2.15. The molecular formula is C8H20Cl2N2. The number of halogens is 2. The Morgan fingerprint density at radius 2 is 1.67 bits per heavy atom. The van der Waals surface area contributed by atoms with Crippen molar-refractivity contribution in [3.8, 4) is 0 Å². The molecule has 1 saturated carbocycles. The second-order valence-electron chi connectivity index (χ2n) is 3.72. The molecule has 0 bridgehead atoms. The molecule has 2 nitrogen and oxygen atoms in total. The van der Waals surface area contributed by atoms with E-state index in [1.807, 2.05) is 7.05 Å². The van der Waals surface area contributed by atoms with E-state index < -0.39 is 0 Å². The largest absolute Gasteiger partial charge is 0.325 e. The summed E-state index contributed by atoms with van der Waals surface area (Å²) in [5.74, 6) is 0. The molecule has 0 heterocycles. The topological polar surface area (TPSA) is 38.0 Å². The van der Waals surface area contributed by atoms with Crippen LogP contribution < -0.4 is 11.1 Å². The minimum absolute atomic E-state index is 0. The first-order valence-electron chi connectivity index (χ1n) is 4.10. The SMILES string of the molecule is CNC1CCC(C)(N)CC1.Cl.Cl. The quantitative estimate of drug-likeness (QED) is 0.698. The Kier molecular flexibility index (Phi) is 7.54. The Morgan fingerprint density at radius 1 is 1.25 bits per heavy atom. The maximum Gasteiger partial charge on any atom is 0.0127 e. The van der Waals surface area contributed by atoms with Gasteiger partial charge in [-0.2, -0.15) is 0 Å². The maximum atomic E-state index is 5.97. The third-order valence-corrected chi connectivity index (χ3v) is 2.54. The van der Waals surface area contributed by atoms with Crippen LogP contribution in [0.1, 0.15) is 32.6 Å². The number of nitrogens with one attached hydrogen (secondary N) is 1. The minimum Gasteiger partial charge on any atom is -0.325 e. The van der Waals surface area contributed by atoms with Crippen molar-refractivity contribution in [3.05, 3.63) is 0 Å². The van der Waals surface area contributed by atoms with Crippen LogP contribution >= 0.6 is 24.8 Å². The van der Waals surface area contributed by atoms with Crippen LogP contribution in [0.3, 0.4) is 0 Å². The van der Waals surface area contributed by atoms with E-state index in [-0.39, 0.29) is 30.4 Å². The summed E-state index contributed by atoms with van der Waals surface area (Å²) < 4.78 is 0. The molecule has 0 saturated heterocycles. The molecular weight excluding hydrogens is 195 g/mol. The van der Waals surface area contributed by atoms with Crippen molar-refractivity contribution in [2.45, 2.75) is 44.2 Å². The number of hydrogen-bond donors (Lipinski definition) is 2. The van der Waals surface area contributed by atoms with Crippen LogP contribution in [0.4, 0.5) is 0 Å². The second-order valence-corrected chi connectivity index (χ2v) is 3.72. The van der Waals surface area contributed by atoms with Gasteiger partial charge in [-0.3, -0.25) is 0 Å². The molecule has 0 unspecified atom stereocenters. The third kappa shape index (κ3) is 4.51. The summed E-state index contributed by atoms with van der Waals surface area (Å²) in [5, 5.41) is 3.29. The molecule has 3 N–H and O–H groups in total. The average molecular weight is 215 g/mol. The number of rotatable bonds is 1. The number of nitrogens with two attached hydrogens (primary N) is 1. The van der Waals surface area contributed by atoms with Crippen molar-refractivity contribution in [2.75, 3.05) is 7.05 Å². The molecule has 4 heteroatoms. The third-order valence-electron chi connectivity index (χ3n) is 2.54. The molecule has 0 radical (unpaired) electrons. The average Bonchev–Trinajstić information content (AvgIpc) is 1.88. The predicted octanol–water partition coefficient (Wildman–Crippen LogP) is 1.71. The Labute approximate surface area is 87.5 Å². The molecule has 0 aromatic rings. The summed E-state index contributed by atoms with van der Waals surface area (Å²) in [4.78, 5) is 0. The lowest BCUT2D eigenvalue weighted by molar-refractivity contribution is 0.275. The van der Waals surface area contributed by atoms with E-state index >= 15 is 0 Å². The van der Waals surface area contributed by atoms with Gasteiger partial charge in [0.2, 0.25) is 0 Å². The van der Waals surface area contributed by atoms with Crippen molar-refractivity contribution in [1.29, 1.82) is 0 Å². The highest BCUT2D eigenvalue weighted by Crippen LogP contribution is 2.25. The fourth-order valence-electron chi connectivity index (χ4n) is 1.57. The van der Waals surface area contributed by atoms with Gasteiger partial charge in [-0.15, -0.1) is 24.8 Å². The molecule has 76 valence electrons. The summed E-state index contributed by atoms with van der Waals surface area (Å²) >= 11 is 0. The van der Waals surface area contributed by atoms with Gasteiger partial charge in [0.25, 0.3) is 0 Å². The molecule has 0 aliphatic heterocycles. The van der Waals surface area contributed by atoms with Crippen LogP contribution in [0.15, 0.2) is 0 Å². The zero-order valence-corrected chi connectivity index (χ0v) is 9.43. The van der Waals surface area contributed by atoms with Crippen LogP contribution in [0.5, 0.6) is 0 Å². The fourth-order valence-corrected chi connectivity index (χ4v) is 1.57. The van der Waals surface area contributed by atoms with E-state index in [9.17, 15) is 0 Å². The van der Waals surface area contributed by atoms with Crippen LogP contribution in [0.2, 0.25) is 0 Å². The first kappa shape index (κ1) is 15.0. The zero-order chi connectivity index (χ0) is 7.61. The van der Waals surface area contributed by atoms with Crippen molar-refractivity contribution < 1.29 is 0 Å². The van der Waals surface area contributed by atoms with Gasteiger partial charge in [0, 0.05) is 11.6 Å². The maximum absolute atomic E-state index is 5.97. The highest BCUT2D eigenvalue weighted by molar-refractivity contribution is 5.85. The van der Waals surface area contributed by atoms with E-state index in [0.717, 1.165) is 6.04 Å². The highest BCUT2D eigenvalue weighted by Gasteiger charge is 2.25. The van der Waals surface area contributed by atoms with Gasteiger partial charge in [0.1, 0.15) is 0 Å². The summed E-state index contributed by atoms with van der Waals surface area (Å²) in [5.41, 5.74) is 6.09. The molecule has 0 aromatic heterocycles. The zero-order valence-electron chi connectivity index (χ0n) is 7.80. The van der Waals surface area contributed by atoms with Crippen molar-refractivity contribution in [2.24, 2.45) is 5.73 Å². The molecule has 1 fully saturated rings. The van der Waals surface area contributed by atoms with Crippen LogP contribution in [-0.4, -0.2) is 18.6 Å². The lowest BCUT2D eigenvalue weighted by Gasteiger charge is -2.33. The van der Waals surface area contributed by atoms with Gasteiger partial charge < -0.3 is 11.1 Å². The van der Waals surface area contributed by atoms with Crippen LogP contribution in [0.25, 0.3) is 0 Å². The lowest BCUT2D eigenvalue weighted by Crippen LogP contribution is -2.44. The molecule has 12 heavy (non-hydrogen) atoms. The first-order valence-corrected chi connectivity index (χ1v) is 4.10. The summed E-state index contributed by atoms with van der Waals surface area (Å²) in [6.07, 6.45) is 4.81. The standard InChI is InChI=1S/C8H18N2.2ClH/c1-8(9)5-3-7(10-2)4-6-8;;/h7,10H,3-6,9H2,1-2H3;2*1H. The van der Waals surface area contributed by atoms with Gasteiger partial charge in [0.05, 0.1) is 0 Å². The van der Waals surface area contributed by atoms with Gasteiger partial charge in [-0.05, 0) is 39.7 Å². The number of hydrogen-bond acceptors (Lipinski definition) is 2. The van der Waals surface area contributed by atoms with Gasteiger partial charge in [-0.1, -0.05) is 0 Å². The minimum atomic E-state index is 0. The Bertz CT molecular complexity index is 108. The first-order chi connectivity index (χ1) is 4.64. The van der Waals surface area contributed by atoms with E-state index in [0.29, 0.717) is 0 Å². The van der Waals surface area contributed by atoms with Crippen molar-refractivity contribution >= 4 is 24.8 Å². The van der Waals surface area contributed by atoms with E-state index in [1.165, 1.54) is 25.7 Å². The van der Waals surface area contributed by atoms with E-state index in [2.05, 4.69) is 12.2 Å². The van der Waals surface area contributed by atoms with Gasteiger partial charge in [-0.25, -0.2) is 0 Å². The normalized spacial score (nSPS) is 34.8. The van der Waals surface area contributed by atoms with Crippen molar-refractivity contribution in [3.63, 3.8) is 0 Å². The molecule has 0 atom stereocenters. The van der Waals surface area contributed by atoms with Crippen LogP contribution in [-0.2, 0) is 0 Å². The Balaban J connectivity index is 0. The lowest BCUT2D eigenvalue weighted by atomic mass is 9.82. The second kappa shape index (κ2) is 6.03. The molecule has 0 aromatic carbocycles. The monoisotopic (exact) mass is 214 g/mol. The summed E-state index contributed by atoms with van der Waals surface area (Å²) in [7, 11) is 2.03. The molecule has 1 rings (SSSR count). The smallest absolute Gasteiger partial charge is 0.0127 e. The van der Waals surface area contributed by atoms with Crippen molar-refractivity contribution in [1.82, 2.24) is 5.32 Å². The van der Waals surface area contributed by atoms with Crippen LogP contribution in [0, 0.1) is 0 Å². The molecule has 0 spiro atoms. The van der Waals surface area contributed by atoms with Gasteiger partial charge >= 0.3 is 0 Å². The van der Waals surface area contributed by atoms with E-state index in [1.54, 1.807) is 0 Å². The molecule has 0 amide bonds. The highest BCUT2D eigenvalue weighted by atomic mass is 35.5.